The lowest BCUT2D eigenvalue weighted by Gasteiger charge is -2.18. The second kappa shape index (κ2) is 5.70. The first kappa shape index (κ1) is 14.6. The second-order valence-electron chi connectivity index (χ2n) is 4.83. The maximum Gasteiger partial charge on any atom is 0.274 e. The van der Waals surface area contributed by atoms with Crippen LogP contribution in [-0.4, -0.2) is 15.1 Å². The van der Waals surface area contributed by atoms with Gasteiger partial charge in [-0.3, -0.25) is 10.1 Å². The van der Waals surface area contributed by atoms with E-state index >= 15 is 0 Å². The predicted octanol–water partition coefficient (Wildman–Crippen LogP) is 3.49. The molecule has 0 aliphatic rings. The van der Waals surface area contributed by atoms with E-state index in [9.17, 15) is 20.3 Å². The third kappa shape index (κ3) is 3.05. The lowest BCUT2D eigenvalue weighted by Crippen LogP contribution is -2.07. The average Bonchev–Trinajstić information content (AvgIpc) is 2.40. The molecular formula is C15H16N2O4. The quantitative estimate of drug-likeness (QED) is 0.591. The van der Waals surface area contributed by atoms with Crippen LogP contribution in [0.5, 0.6) is 11.5 Å². The number of nitro benzene ring substituents is 1. The Labute approximate surface area is 121 Å². The Morgan fingerprint density at radius 1 is 1.19 bits per heavy atom. The van der Waals surface area contributed by atoms with Crippen LogP contribution in [0.2, 0.25) is 0 Å². The summed E-state index contributed by atoms with van der Waals surface area (Å²) in [5.41, 5.74) is 1.49. The average molecular weight is 288 g/mol. The van der Waals surface area contributed by atoms with Crippen LogP contribution in [0.25, 0.3) is 0 Å². The molecule has 0 fully saturated rings. The molecule has 0 saturated carbocycles. The topological polar surface area (TPSA) is 95.6 Å². The highest BCUT2D eigenvalue weighted by Crippen LogP contribution is 2.34. The van der Waals surface area contributed by atoms with E-state index in [1.54, 1.807) is 26.0 Å². The Morgan fingerprint density at radius 3 is 2.38 bits per heavy atom. The van der Waals surface area contributed by atoms with Crippen LogP contribution in [0.3, 0.4) is 0 Å². The van der Waals surface area contributed by atoms with Gasteiger partial charge in [-0.1, -0.05) is 12.1 Å². The number of nitrogens with zero attached hydrogens (tertiary/aromatic N) is 1. The molecule has 2 rings (SSSR count). The number of nitro groups is 1. The van der Waals surface area contributed by atoms with Crippen LogP contribution in [-0.2, 0) is 0 Å². The number of anilines is 1. The van der Waals surface area contributed by atoms with E-state index in [4.69, 9.17) is 0 Å². The maximum absolute atomic E-state index is 10.9. The zero-order chi connectivity index (χ0) is 15.6. The van der Waals surface area contributed by atoms with E-state index in [2.05, 4.69) is 5.32 Å². The van der Waals surface area contributed by atoms with Gasteiger partial charge in [-0.15, -0.1) is 0 Å². The fourth-order valence-corrected chi connectivity index (χ4v) is 2.20. The first-order valence-corrected chi connectivity index (χ1v) is 6.42. The number of nitrogens with one attached hydrogen (secondary N) is 1. The summed E-state index contributed by atoms with van der Waals surface area (Å²) in [4.78, 5) is 10.5. The number of hydrogen-bond acceptors (Lipinski definition) is 5. The number of aryl methyl sites for hydroxylation is 1. The van der Waals surface area contributed by atoms with Crippen molar-refractivity contribution in [3.8, 4) is 11.5 Å². The van der Waals surface area contributed by atoms with Gasteiger partial charge >= 0.3 is 0 Å². The van der Waals surface area contributed by atoms with Gasteiger partial charge in [0.25, 0.3) is 5.69 Å². The molecule has 2 aromatic carbocycles. The molecule has 0 amide bonds. The Kier molecular flexibility index (Phi) is 3.98. The van der Waals surface area contributed by atoms with E-state index in [-0.39, 0.29) is 17.2 Å². The molecule has 0 radical (unpaired) electrons. The van der Waals surface area contributed by atoms with Gasteiger partial charge in [0.05, 0.1) is 16.5 Å². The largest absolute Gasteiger partial charge is 0.507 e. The van der Waals surface area contributed by atoms with Crippen molar-refractivity contribution in [2.24, 2.45) is 0 Å². The van der Waals surface area contributed by atoms with Crippen molar-refractivity contribution in [2.45, 2.75) is 19.9 Å². The lowest BCUT2D eigenvalue weighted by atomic mass is 10.1. The van der Waals surface area contributed by atoms with Gasteiger partial charge in [-0.2, -0.15) is 0 Å². The Balaban J connectivity index is 2.30. The molecule has 0 aliphatic heterocycles. The van der Waals surface area contributed by atoms with Crippen molar-refractivity contribution < 1.29 is 15.1 Å². The van der Waals surface area contributed by atoms with Gasteiger partial charge in [0.15, 0.2) is 0 Å². The number of hydrogen-bond donors (Lipinski definition) is 3. The van der Waals surface area contributed by atoms with Crippen LogP contribution in [0.1, 0.15) is 24.1 Å². The standard InChI is InChI=1S/C15H16N2O4/c1-9-6-7-11(8-12(9)17(20)21)16-10(2)15-13(18)4-3-5-14(15)19/h3-8,10,16,18-19H,1-2H3. The van der Waals surface area contributed by atoms with Crippen LogP contribution in [0.4, 0.5) is 11.4 Å². The fraction of sp³-hybridized carbons (Fsp3) is 0.200. The van der Waals surface area contributed by atoms with Crippen LogP contribution in [0.15, 0.2) is 36.4 Å². The summed E-state index contributed by atoms with van der Waals surface area (Å²) in [5.74, 6) is -0.0618. The molecule has 3 N–H and O–H groups in total. The Bertz CT molecular complexity index is 665. The van der Waals surface area contributed by atoms with Crippen molar-refractivity contribution in [3.63, 3.8) is 0 Å². The molecule has 0 heterocycles. The van der Waals surface area contributed by atoms with Gasteiger partial charge in [-0.25, -0.2) is 0 Å². The molecule has 1 unspecified atom stereocenters. The fourth-order valence-electron chi connectivity index (χ4n) is 2.20. The summed E-state index contributed by atoms with van der Waals surface area (Å²) >= 11 is 0. The SMILES string of the molecule is Cc1ccc(NC(C)c2c(O)cccc2O)cc1[N+](=O)[O-]. The van der Waals surface area contributed by atoms with Crippen molar-refractivity contribution in [1.82, 2.24) is 0 Å². The minimum atomic E-state index is -0.442. The molecule has 1 atom stereocenters. The Hall–Kier alpha value is -2.76. The highest BCUT2D eigenvalue weighted by Gasteiger charge is 2.17. The summed E-state index contributed by atoms with van der Waals surface area (Å²) < 4.78 is 0. The molecule has 21 heavy (non-hydrogen) atoms. The van der Waals surface area contributed by atoms with E-state index in [1.807, 2.05) is 0 Å². The monoisotopic (exact) mass is 288 g/mol. The summed E-state index contributed by atoms with van der Waals surface area (Å²) in [6.07, 6.45) is 0. The first-order chi connectivity index (χ1) is 9.90. The van der Waals surface area contributed by atoms with Gasteiger partial charge in [-0.05, 0) is 32.0 Å². The third-order valence-electron chi connectivity index (χ3n) is 3.28. The van der Waals surface area contributed by atoms with Gasteiger partial charge in [0.2, 0.25) is 0 Å². The number of phenols is 2. The maximum atomic E-state index is 10.9. The zero-order valence-electron chi connectivity index (χ0n) is 11.7. The predicted molar refractivity (Wildman–Crippen MR) is 79.6 cm³/mol. The number of aromatic hydroxyl groups is 2. The van der Waals surface area contributed by atoms with Gasteiger partial charge in [0, 0.05) is 17.3 Å². The van der Waals surface area contributed by atoms with E-state index in [0.717, 1.165) is 0 Å². The molecule has 0 aliphatic carbocycles. The summed E-state index contributed by atoms with van der Waals surface area (Å²) in [6, 6.07) is 8.89. The molecule has 110 valence electrons. The Morgan fingerprint density at radius 2 is 1.81 bits per heavy atom. The molecule has 0 aromatic heterocycles. The van der Waals surface area contributed by atoms with E-state index in [1.165, 1.54) is 24.3 Å². The molecule has 0 spiro atoms. The van der Waals surface area contributed by atoms with E-state index in [0.29, 0.717) is 16.8 Å². The second-order valence-corrected chi connectivity index (χ2v) is 4.83. The minimum absolute atomic E-state index is 0.0219. The van der Waals surface area contributed by atoms with Crippen LogP contribution >= 0.6 is 0 Å². The molecule has 0 bridgehead atoms. The van der Waals surface area contributed by atoms with Crippen LogP contribution < -0.4 is 5.32 Å². The summed E-state index contributed by atoms with van der Waals surface area (Å²) in [6.45, 7) is 3.42. The smallest absolute Gasteiger partial charge is 0.274 e. The summed E-state index contributed by atoms with van der Waals surface area (Å²) in [5, 5.41) is 33.6. The summed E-state index contributed by atoms with van der Waals surface area (Å²) in [7, 11) is 0. The number of benzene rings is 2. The zero-order valence-corrected chi connectivity index (χ0v) is 11.7. The van der Waals surface area contributed by atoms with Gasteiger partial charge in [0.1, 0.15) is 11.5 Å². The molecule has 2 aromatic rings. The highest BCUT2D eigenvalue weighted by molar-refractivity contribution is 5.57. The van der Waals surface area contributed by atoms with Crippen LogP contribution in [0, 0.1) is 17.0 Å². The number of rotatable bonds is 4. The first-order valence-electron chi connectivity index (χ1n) is 6.42. The van der Waals surface area contributed by atoms with Gasteiger partial charge < -0.3 is 15.5 Å². The molecular weight excluding hydrogens is 272 g/mol. The van der Waals surface area contributed by atoms with Crippen molar-refractivity contribution in [1.29, 1.82) is 0 Å². The van der Waals surface area contributed by atoms with Crippen molar-refractivity contribution in [3.05, 3.63) is 57.6 Å². The highest BCUT2D eigenvalue weighted by atomic mass is 16.6. The van der Waals surface area contributed by atoms with Crippen molar-refractivity contribution in [2.75, 3.05) is 5.32 Å². The molecule has 6 nitrogen and oxygen atoms in total. The normalized spacial score (nSPS) is 11.9. The van der Waals surface area contributed by atoms with E-state index < -0.39 is 11.0 Å². The molecule has 0 saturated heterocycles. The lowest BCUT2D eigenvalue weighted by molar-refractivity contribution is -0.385. The third-order valence-corrected chi connectivity index (χ3v) is 3.28. The minimum Gasteiger partial charge on any atom is -0.507 e. The van der Waals surface area contributed by atoms with Crippen molar-refractivity contribution >= 4 is 11.4 Å². The number of phenolic OH excluding ortho intramolecular Hbond substituents is 2. The molecule has 6 heteroatoms.